The van der Waals surface area contributed by atoms with Gasteiger partial charge < -0.3 is 15.0 Å². The van der Waals surface area contributed by atoms with E-state index in [1.807, 2.05) is 39.0 Å². The van der Waals surface area contributed by atoms with E-state index in [2.05, 4.69) is 22.4 Å². The number of carbonyl (C=O) groups is 1. The number of piperidine rings is 1. The van der Waals surface area contributed by atoms with Crippen molar-refractivity contribution in [1.29, 1.82) is 0 Å². The van der Waals surface area contributed by atoms with Crippen LogP contribution in [0.25, 0.3) is 10.9 Å². The summed E-state index contributed by atoms with van der Waals surface area (Å²) >= 11 is 0. The molecule has 5 nitrogen and oxygen atoms in total. The molecule has 1 fully saturated rings. The number of ether oxygens (including phenoxy) is 1. The number of para-hydroxylation sites is 1. The van der Waals surface area contributed by atoms with Crippen LogP contribution in [-0.2, 0) is 4.74 Å². The van der Waals surface area contributed by atoms with Crippen molar-refractivity contribution in [3.05, 3.63) is 36.5 Å². The lowest BCUT2D eigenvalue weighted by molar-refractivity contribution is 0.0206. The van der Waals surface area contributed by atoms with E-state index >= 15 is 0 Å². The Balaban J connectivity index is 1.70. The summed E-state index contributed by atoms with van der Waals surface area (Å²) in [6.45, 7) is 7.09. The maximum atomic E-state index is 12.3. The molecule has 0 spiro atoms. The number of nitrogens with one attached hydrogen (secondary N) is 1. The maximum absolute atomic E-state index is 12.3. The molecule has 1 amide bonds. The van der Waals surface area contributed by atoms with Crippen molar-refractivity contribution in [2.24, 2.45) is 0 Å². The van der Waals surface area contributed by atoms with Crippen molar-refractivity contribution in [3.63, 3.8) is 0 Å². The average molecular weight is 327 g/mol. The van der Waals surface area contributed by atoms with Crippen LogP contribution >= 0.6 is 0 Å². The molecule has 24 heavy (non-hydrogen) atoms. The first-order chi connectivity index (χ1) is 11.4. The summed E-state index contributed by atoms with van der Waals surface area (Å²) in [5, 5.41) is 4.67. The molecule has 2 heterocycles. The molecule has 1 N–H and O–H groups in total. The Hall–Kier alpha value is -2.30. The van der Waals surface area contributed by atoms with Crippen molar-refractivity contribution >= 4 is 22.7 Å². The smallest absolute Gasteiger partial charge is 0.410 e. The molecule has 1 aromatic carbocycles. The van der Waals surface area contributed by atoms with Crippen LogP contribution in [0, 0.1) is 0 Å². The van der Waals surface area contributed by atoms with E-state index in [1.165, 1.54) is 0 Å². The Bertz CT molecular complexity index is 719. The topological polar surface area (TPSA) is 54.5 Å². The Morgan fingerprint density at radius 1 is 1.29 bits per heavy atom. The SMILES string of the molecule is CC(C)(C)OC(=O)N1CCCC(Nc2cccc3cccnc23)C1. The number of hydrogen-bond donors (Lipinski definition) is 1. The lowest BCUT2D eigenvalue weighted by Gasteiger charge is -2.34. The molecule has 1 aliphatic heterocycles. The standard InChI is InChI=1S/C19H25N3O2/c1-19(2,3)24-18(23)22-12-6-9-15(13-22)21-16-10-4-7-14-8-5-11-20-17(14)16/h4-5,7-8,10-11,15,21H,6,9,12-13H2,1-3H3. The zero-order chi connectivity index (χ0) is 17.2. The van der Waals surface area contributed by atoms with Gasteiger partial charge in [0.25, 0.3) is 0 Å². The molecule has 1 aromatic heterocycles. The third kappa shape index (κ3) is 3.96. The van der Waals surface area contributed by atoms with E-state index in [9.17, 15) is 4.79 Å². The van der Waals surface area contributed by atoms with Crippen molar-refractivity contribution in [2.45, 2.75) is 45.3 Å². The van der Waals surface area contributed by atoms with Gasteiger partial charge in [0, 0.05) is 30.7 Å². The van der Waals surface area contributed by atoms with Gasteiger partial charge in [0.05, 0.1) is 11.2 Å². The first-order valence-electron chi connectivity index (χ1n) is 8.50. The fourth-order valence-electron chi connectivity index (χ4n) is 3.03. The highest BCUT2D eigenvalue weighted by Crippen LogP contribution is 2.24. The number of likely N-dealkylation sites (tertiary alicyclic amines) is 1. The van der Waals surface area contributed by atoms with Crippen molar-refractivity contribution < 1.29 is 9.53 Å². The van der Waals surface area contributed by atoms with Crippen LogP contribution in [0.1, 0.15) is 33.6 Å². The summed E-state index contributed by atoms with van der Waals surface area (Å²) in [5.41, 5.74) is 1.52. The summed E-state index contributed by atoms with van der Waals surface area (Å²) in [4.78, 5) is 18.6. The quantitative estimate of drug-likeness (QED) is 0.904. The van der Waals surface area contributed by atoms with Crippen molar-refractivity contribution in [3.8, 4) is 0 Å². The average Bonchev–Trinajstić information content (AvgIpc) is 2.54. The van der Waals surface area contributed by atoms with Crippen LogP contribution in [0.3, 0.4) is 0 Å². The highest BCUT2D eigenvalue weighted by molar-refractivity contribution is 5.90. The molecule has 1 unspecified atom stereocenters. The fraction of sp³-hybridized carbons (Fsp3) is 0.474. The van der Waals surface area contributed by atoms with Gasteiger partial charge in [0.1, 0.15) is 5.60 Å². The molecule has 1 aliphatic rings. The molecule has 5 heteroatoms. The molecular formula is C19H25N3O2. The molecule has 2 aromatic rings. The summed E-state index contributed by atoms with van der Waals surface area (Å²) in [6, 6.07) is 10.3. The second-order valence-electron chi connectivity index (χ2n) is 7.29. The predicted octanol–water partition coefficient (Wildman–Crippen LogP) is 4.05. The largest absolute Gasteiger partial charge is 0.444 e. The number of nitrogens with zero attached hydrogens (tertiary/aromatic N) is 2. The van der Waals surface area contributed by atoms with E-state index in [-0.39, 0.29) is 12.1 Å². The van der Waals surface area contributed by atoms with Gasteiger partial charge in [0.15, 0.2) is 0 Å². The van der Waals surface area contributed by atoms with E-state index in [4.69, 9.17) is 4.74 Å². The fourth-order valence-corrected chi connectivity index (χ4v) is 3.03. The predicted molar refractivity (Wildman–Crippen MR) is 96.2 cm³/mol. The van der Waals surface area contributed by atoms with Gasteiger partial charge in [-0.2, -0.15) is 0 Å². The molecule has 1 saturated heterocycles. The number of amides is 1. The van der Waals surface area contributed by atoms with E-state index < -0.39 is 5.60 Å². The number of aromatic nitrogens is 1. The van der Waals surface area contributed by atoms with Gasteiger partial charge in [-0.3, -0.25) is 4.98 Å². The van der Waals surface area contributed by atoms with Gasteiger partial charge in [-0.05, 0) is 45.7 Å². The summed E-state index contributed by atoms with van der Waals surface area (Å²) in [5.74, 6) is 0. The number of anilines is 1. The monoisotopic (exact) mass is 327 g/mol. The number of pyridine rings is 1. The number of rotatable bonds is 2. The van der Waals surface area contributed by atoms with E-state index in [0.29, 0.717) is 6.54 Å². The number of carbonyl (C=O) groups excluding carboxylic acids is 1. The molecule has 128 valence electrons. The minimum absolute atomic E-state index is 0.207. The summed E-state index contributed by atoms with van der Waals surface area (Å²) in [7, 11) is 0. The van der Waals surface area contributed by atoms with Crippen LogP contribution in [0.5, 0.6) is 0 Å². The second-order valence-corrected chi connectivity index (χ2v) is 7.29. The Morgan fingerprint density at radius 2 is 2.08 bits per heavy atom. The lowest BCUT2D eigenvalue weighted by Crippen LogP contribution is -2.47. The minimum atomic E-state index is -0.461. The highest BCUT2D eigenvalue weighted by atomic mass is 16.6. The minimum Gasteiger partial charge on any atom is -0.444 e. The maximum Gasteiger partial charge on any atom is 0.410 e. The zero-order valence-corrected chi connectivity index (χ0v) is 14.6. The molecule has 1 atom stereocenters. The number of hydrogen-bond acceptors (Lipinski definition) is 4. The lowest BCUT2D eigenvalue weighted by atomic mass is 10.1. The normalized spacial score (nSPS) is 18.5. The molecule has 0 aliphatic carbocycles. The van der Waals surface area contributed by atoms with Crippen LogP contribution in [0.4, 0.5) is 10.5 Å². The summed E-state index contributed by atoms with van der Waals surface area (Å²) < 4.78 is 5.49. The number of fused-ring (bicyclic) bond motifs is 1. The highest BCUT2D eigenvalue weighted by Gasteiger charge is 2.27. The van der Waals surface area contributed by atoms with Gasteiger partial charge in [-0.1, -0.05) is 18.2 Å². The third-order valence-electron chi connectivity index (χ3n) is 4.07. The van der Waals surface area contributed by atoms with Crippen LogP contribution in [-0.4, -0.2) is 40.7 Å². The Labute approximate surface area is 143 Å². The first-order valence-corrected chi connectivity index (χ1v) is 8.50. The van der Waals surface area contributed by atoms with Crippen LogP contribution in [0.2, 0.25) is 0 Å². The number of benzene rings is 1. The molecule has 0 radical (unpaired) electrons. The van der Waals surface area contributed by atoms with Crippen molar-refractivity contribution in [1.82, 2.24) is 9.88 Å². The Morgan fingerprint density at radius 3 is 2.88 bits per heavy atom. The van der Waals surface area contributed by atoms with E-state index in [1.54, 1.807) is 11.1 Å². The molecular weight excluding hydrogens is 302 g/mol. The van der Waals surface area contributed by atoms with Gasteiger partial charge in [-0.25, -0.2) is 4.79 Å². The summed E-state index contributed by atoms with van der Waals surface area (Å²) in [6.07, 6.45) is 3.57. The molecule has 0 bridgehead atoms. The van der Waals surface area contributed by atoms with Crippen molar-refractivity contribution in [2.75, 3.05) is 18.4 Å². The third-order valence-corrected chi connectivity index (χ3v) is 4.07. The Kier molecular flexibility index (Phi) is 4.60. The second kappa shape index (κ2) is 6.67. The van der Waals surface area contributed by atoms with Gasteiger partial charge >= 0.3 is 6.09 Å². The molecule has 0 saturated carbocycles. The van der Waals surface area contributed by atoms with E-state index in [0.717, 1.165) is 36.0 Å². The van der Waals surface area contributed by atoms with Gasteiger partial charge in [-0.15, -0.1) is 0 Å². The zero-order valence-electron chi connectivity index (χ0n) is 14.6. The van der Waals surface area contributed by atoms with Crippen LogP contribution < -0.4 is 5.32 Å². The van der Waals surface area contributed by atoms with Gasteiger partial charge in [0.2, 0.25) is 0 Å². The molecule has 3 rings (SSSR count). The first kappa shape index (κ1) is 16.6. The van der Waals surface area contributed by atoms with Crippen LogP contribution in [0.15, 0.2) is 36.5 Å².